The monoisotopic (exact) mass is 452 g/mol. The highest BCUT2D eigenvalue weighted by Gasteiger charge is 2.51. The third kappa shape index (κ3) is 4.42. The lowest BCUT2D eigenvalue weighted by Crippen LogP contribution is -2.60. The maximum Gasteiger partial charge on any atom is 0.256 e. The number of rotatable bonds is 6. The van der Waals surface area contributed by atoms with Crippen LogP contribution in [-0.4, -0.2) is 23.1 Å². The standard InChI is InChI=1S/C26H29FN2O2S/c1-16-6-7-21(27)22(8-16)28-25(31)20-4-2-3-5-23(20)32-15-24(30)29-26-12-17-9-18(13-26)11-19(10-17)14-26/h2-8,17-19H,9-15H2,1H3,(H,28,31)(H,29,30). The van der Waals surface area contributed by atoms with Crippen molar-refractivity contribution >= 4 is 29.3 Å². The van der Waals surface area contributed by atoms with E-state index in [-0.39, 0.29) is 28.8 Å². The van der Waals surface area contributed by atoms with Crippen LogP contribution >= 0.6 is 11.8 Å². The number of aryl methyl sites for hydroxylation is 1. The summed E-state index contributed by atoms with van der Waals surface area (Å²) in [6, 6.07) is 11.8. The molecule has 4 aliphatic carbocycles. The van der Waals surface area contributed by atoms with Gasteiger partial charge < -0.3 is 10.6 Å². The van der Waals surface area contributed by atoms with Crippen LogP contribution in [0.4, 0.5) is 10.1 Å². The molecule has 2 amide bonds. The van der Waals surface area contributed by atoms with Crippen LogP contribution in [0.1, 0.15) is 54.4 Å². The van der Waals surface area contributed by atoms with Crippen LogP contribution in [0.2, 0.25) is 0 Å². The van der Waals surface area contributed by atoms with Crippen molar-refractivity contribution in [1.29, 1.82) is 0 Å². The van der Waals surface area contributed by atoms with Gasteiger partial charge in [0, 0.05) is 10.4 Å². The predicted octanol–water partition coefficient (Wildman–Crippen LogP) is 5.56. The molecule has 0 saturated heterocycles. The number of nitrogens with one attached hydrogen (secondary N) is 2. The second-order valence-corrected chi connectivity index (χ2v) is 11.0. The van der Waals surface area contributed by atoms with Gasteiger partial charge in [-0.15, -0.1) is 11.8 Å². The van der Waals surface area contributed by atoms with Crippen molar-refractivity contribution < 1.29 is 14.0 Å². The highest BCUT2D eigenvalue weighted by atomic mass is 32.2. The normalized spacial score (nSPS) is 27.9. The Kier molecular flexibility index (Phi) is 5.74. The van der Waals surface area contributed by atoms with E-state index < -0.39 is 5.82 Å². The Morgan fingerprint density at radius 1 is 1.03 bits per heavy atom. The predicted molar refractivity (Wildman–Crippen MR) is 125 cm³/mol. The van der Waals surface area contributed by atoms with Crippen LogP contribution in [0.25, 0.3) is 0 Å². The van der Waals surface area contributed by atoms with Crippen LogP contribution in [0.3, 0.4) is 0 Å². The molecule has 4 bridgehead atoms. The first-order chi connectivity index (χ1) is 15.4. The molecule has 0 aliphatic heterocycles. The fraction of sp³-hybridized carbons (Fsp3) is 0.462. The maximum absolute atomic E-state index is 14.1. The number of carbonyl (C=O) groups excluding carboxylic acids is 2. The average molecular weight is 453 g/mol. The van der Waals surface area contributed by atoms with E-state index >= 15 is 0 Å². The van der Waals surface area contributed by atoms with E-state index in [9.17, 15) is 14.0 Å². The van der Waals surface area contributed by atoms with Gasteiger partial charge in [-0.3, -0.25) is 9.59 Å². The summed E-state index contributed by atoms with van der Waals surface area (Å²) in [6.07, 6.45) is 7.39. The molecule has 4 nitrogen and oxygen atoms in total. The molecule has 6 rings (SSSR count). The van der Waals surface area contributed by atoms with Gasteiger partial charge in [0.25, 0.3) is 5.91 Å². The van der Waals surface area contributed by atoms with Crippen LogP contribution in [0, 0.1) is 30.5 Å². The van der Waals surface area contributed by atoms with Crippen molar-refractivity contribution in [3.8, 4) is 0 Å². The van der Waals surface area contributed by atoms with E-state index in [1.165, 1.54) is 37.1 Å². The second kappa shape index (κ2) is 8.54. The van der Waals surface area contributed by atoms with E-state index in [1.807, 2.05) is 19.1 Å². The zero-order chi connectivity index (χ0) is 22.3. The van der Waals surface area contributed by atoms with E-state index in [0.717, 1.165) is 47.5 Å². The summed E-state index contributed by atoms with van der Waals surface area (Å²) >= 11 is 1.36. The number of thioether (sulfide) groups is 1. The van der Waals surface area contributed by atoms with Gasteiger partial charge in [0.2, 0.25) is 5.91 Å². The molecule has 0 atom stereocenters. The summed E-state index contributed by atoms with van der Waals surface area (Å²) in [5, 5.41) is 6.06. The first-order valence-corrected chi connectivity index (χ1v) is 12.5. The summed E-state index contributed by atoms with van der Waals surface area (Å²) in [4.78, 5) is 26.4. The quantitative estimate of drug-likeness (QED) is 0.564. The zero-order valence-electron chi connectivity index (χ0n) is 18.3. The van der Waals surface area contributed by atoms with E-state index in [2.05, 4.69) is 10.6 Å². The van der Waals surface area contributed by atoms with Crippen LogP contribution < -0.4 is 10.6 Å². The molecular weight excluding hydrogens is 423 g/mol. The average Bonchev–Trinajstić information content (AvgIpc) is 2.74. The summed E-state index contributed by atoms with van der Waals surface area (Å²) < 4.78 is 14.1. The first-order valence-electron chi connectivity index (χ1n) is 11.5. The Balaban J connectivity index is 1.23. The highest BCUT2D eigenvalue weighted by molar-refractivity contribution is 8.00. The molecular formula is C26H29FN2O2S. The number of hydrogen-bond donors (Lipinski definition) is 2. The molecule has 6 heteroatoms. The van der Waals surface area contributed by atoms with E-state index in [4.69, 9.17) is 0 Å². The first kappa shape index (κ1) is 21.5. The number of carbonyl (C=O) groups is 2. The fourth-order valence-electron chi connectivity index (χ4n) is 6.44. The second-order valence-electron chi connectivity index (χ2n) is 9.97. The summed E-state index contributed by atoms with van der Waals surface area (Å²) in [6.45, 7) is 1.85. The number of hydrogen-bond acceptors (Lipinski definition) is 3. The van der Waals surface area contributed by atoms with E-state index in [1.54, 1.807) is 24.3 Å². The fourth-order valence-corrected chi connectivity index (χ4v) is 7.29. The highest BCUT2D eigenvalue weighted by Crippen LogP contribution is 2.55. The molecule has 0 radical (unpaired) electrons. The molecule has 32 heavy (non-hydrogen) atoms. The van der Waals surface area contributed by atoms with Crippen molar-refractivity contribution in [2.75, 3.05) is 11.1 Å². The SMILES string of the molecule is Cc1ccc(F)c(NC(=O)c2ccccc2SCC(=O)NC23CC4CC(CC(C4)C2)C3)c1. The lowest BCUT2D eigenvalue weighted by molar-refractivity contribution is -0.124. The van der Waals surface area contributed by atoms with Crippen molar-refractivity contribution in [3.05, 3.63) is 59.4 Å². The summed E-state index contributed by atoms with van der Waals surface area (Å²) in [7, 11) is 0. The lowest BCUT2D eigenvalue weighted by Gasteiger charge is -2.56. The minimum atomic E-state index is -0.468. The minimum Gasteiger partial charge on any atom is -0.350 e. The molecule has 0 aromatic heterocycles. The van der Waals surface area contributed by atoms with Gasteiger partial charge in [-0.05, 0) is 93.0 Å². The van der Waals surface area contributed by atoms with Crippen molar-refractivity contribution in [1.82, 2.24) is 5.32 Å². The molecule has 4 saturated carbocycles. The van der Waals surface area contributed by atoms with Gasteiger partial charge >= 0.3 is 0 Å². The summed E-state index contributed by atoms with van der Waals surface area (Å²) in [5.41, 5.74) is 1.47. The Morgan fingerprint density at radius 2 is 1.69 bits per heavy atom. The molecule has 4 aliphatic rings. The molecule has 4 fully saturated rings. The van der Waals surface area contributed by atoms with Crippen molar-refractivity contribution in [3.63, 3.8) is 0 Å². The van der Waals surface area contributed by atoms with Crippen molar-refractivity contribution in [2.24, 2.45) is 17.8 Å². The van der Waals surface area contributed by atoms with E-state index in [0.29, 0.717) is 5.56 Å². The Labute approximate surface area is 192 Å². The number of halogens is 1. The summed E-state index contributed by atoms with van der Waals surface area (Å²) in [5.74, 6) is 1.80. The molecule has 0 heterocycles. The number of anilines is 1. The molecule has 0 unspecified atom stereocenters. The maximum atomic E-state index is 14.1. The molecule has 2 N–H and O–H groups in total. The minimum absolute atomic E-state index is 0.00795. The third-order valence-corrected chi connectivity index (χ3v) is 8.38. The smallest absolute Gasteiger partial charge is 0.256 e. The van der Waals surface area contributed by atoms with Crippen LogP contribution in [-0.2, 0) is 4.79 Å². The van der Waals surface area contributed by atoms with Gasteiger partial charge in [0.05, 0.1) is 17.0 Å². The molecule has 2 aromatic rings. The molecule has 168 valence electrons. The number of benzene rings is 2. The van der Waals surface area contributed by atoms with Gasteiger partial charge in [-0.2, -0.15) is 0 Å². The molecule has 0 spiro atoms. The molecule has 2 aromatic carbocycles. The van der Waals surface area contributed by atoms with Gasteiger partial charge in [-0.25, -0.2) is 4.39 Å². The van der Waals surface area contributed by atoms with Gasteiger partial charge in [0.1, 0.15) is 5.82 Å². The third-order valence-electron chi connectivity index (χ3n) is 7.30. The Morgan fingerprint density at radius 3 is 2.38 bits per heavy atom. The largest absolute Gasteiger partial charge is 0.350 e. The Bertz CT molecular complexity index is 1020. The number of amides is 2. The Hall–Kier alpha value is -2.34. The van der Waals surface area contributed by atoms with Gasteiger partial charge in [-0.1, -0.05) is 18.2 Å². The topological polar surface area (TPSA) is 58.2 Å². The zero-order valence-corrected chi connectivity index (χ0v) is 19.1. The lowest BCUT2D eigenvalue weighted by atomic mass is 9.53. The van der Waals surface area contributed by atoms with Crippen LogP contribution in [0.15, 0.2) is 47.4 Å². The van der Waals surface area contributed by atoms with Gasteiger partial charge in [0.15, 0.2) is 0 Å². The van der Waals surface area contributed by atoms with Crippen molar-refractivity contribution in [2.45, 2.75) is 55.9 Å². The van der Waals surface area contributed by atoms with Crippen LogP contribution in [0.5, 0.6) is 0 Å².